The Balaban J connectivity index is 2.60. The highest BCUT2D eigenvalue weighted by Gasteiger charge is 2.17. The zero-order valence-corrected chi connectivity index (χ0v) is 12.9. The van der Waals surface area contributed by atoms with Gasteiger partial charge in [0.05, 0.1) is 11.3 Å². The molecule has 2 aromatic carbocycles. The molecule has 0 bridgehead atoms. The van der Waals surface area contributed by atoms with E-state index in [-0.39, 0.29) is 11.7 Å². The van der Waals surface area contributed by atoms with E-state index in [1.807, 2.05) is 42.3 Å². The van der Waals surface area contributed by atoms with Crippen LogP contribution in [0.5, 0.6) is 0 Å². The molecule has 3 N–H and O–H groups in total. The first-order valence-electron chi connectivity index (χ1n) is 6.63. The summed E-state index contributed by atoms with van der Waals surface area (Å²) < 4.78 is 13.5. The number of benzene rings is 2. The fourth-order valence-electron chi connectivity index (χ4n) is 2.32. The van der Waals surface area contributed by atoms with Crippen molar-refractivity contribution in [2.45, 2.75) is 11.8 Å². The molecular weight excluding hydrogens is 285 g/mol. The Morgan fingerprint density at radius 2 is 2.00 bits per heavy atom. The number of thioether (sulfide) groups is 1. The average Bonchev–Trinajstić information content (AvgIpc) is 2.47. The van der Waals surface area contributed by atoms with Crippen molar-refractivity contribution in [1.29, 1.82) is 5.41 Å². The van der Waals surface area contributed by atoms with Crippen LogP contribution in [0.25, 0.3) is 0 Å². The van der Waals surface area contributed by atoms with E-state index >= 15 is 0 Å². The number of halogens is 1. The van der Waals surface area contributed by atoms with Gasteiger partial charge in [-0.3, -0.25) is 5.41 Å². The van der Waals surface area contributed by atoms with Crippen molar-refractivity contribution >= 4 is 29.0 Å². The predicted molar refractivity (Wildman–Crippen MR) is 88.3 cm³/mol. The molecule has 0 aliphatic carbocycles. The Hall–Kier alpha value is -2.01. The summed E-state index contributed by atoms with van der Waals surface area (Å²) in [6.45, 7) is 2.64. The van der Waals surface area contributed by atoms with Gasteiger partial charge in [-0.2, -0.15) is 0 Å². The minimum absolute atomic E-state index is 0.0183. The highest BCUT2D eigenvalue weighted by molar-refractivity contribution is 7.98. The van der Waals surface area contributed by atoms with Gasteiger partial charge in [-0.25, -0.2) is 4.39 Å². The van der Waals surface area contributed by atoms with Crippen LogP contribution in [-0.4, -0.2) is 18.6 Å². The summed E-state index contributed by atoms with van der Waals surface area (Å²) >= 11 is 1.54. The van der Waals surface area contributed by atoms with Gasteiger partial charge in [0.15, 0.2) is 0 Å². The third-order valence-electron chi connectivity index (χ3n) is 3.22. The summed E-state index contributed by atoms with van der Waals surface area (Å²) in [4.78, 5) is 2.90. The maximum Gasteiger partial charge on any atom is 0.126 e. The molecule has 0 unspecified atom stereocenters. The van der Waals surface area contributed by atoms with Gasteiger partial charge >= 0.3 is 0 Å². The summed E-state index contributed by atoms with van der Waals surface area (Å²) in [7, 11) is 0. The first-order chi connectivity index (χ1) is 10.1. The molecule has 2 aromatic rings. The first-order valence-corrected chi connectivity index (χ1v) is 7.85. The molecule has 0 saturated heterocycles. The number of nitrogens with one attached hydrogen (secondary N) is 1. The lowest BCUT2D eigenvalue weighted by Crippen LogP contribution is -2.22. The summed E-state index contributed by atoms with van der Waals surface area (Å²) in [6, 6.07) is 12.2. The van der Waals surface area contributed by atoms with Crippen LogP contribution >= 0.6 is 11.8 Å². The molecule has 0 atom stereocenters. The van der Waals surface area contributed by atoms with E-state index in [4.69, 9.17) is 11.1 Å². The smallest absolute Gasteiger partial charge is 0.126 e. The number of amidine groups is 1. The maximum atomic E-state index is 13.5. The molecule has 0 fully saturated rings. The minimum Gasteiger partial charge on any atom is -0.384 e. The monoisotopic (exact) mass is 303 g/mol. The van der Waals surface area contributed by atoms with Crippen molar-refractivity contribution in [3.63, 3.8) is 0 Å². The largest absolute Gasteiger partial charge is 0.384 e. The zero-order chi connectivity index (χ0) is 15.4. The topological polar surface area (TPSA) is 53.1 Å². The fourth-order valence-corrected chi connectivity index (χ4v) is 2.95. The molecule has 0 aliphatic rings. The molecule has 0 aliphatic heterocycles. The number of nitrogens with two attached hydrogens (primary N) is 1. The lowest BCUT2D eigenvalue weighted by Gasteiger charge is -2.26. The van der Waals surface area contributed by atoms with Crippen LogP contribution in [0.4, 0.5) is 15.8 Å². The number of hydrogen-bond donors (Lipinski definition) is 2. The normalized spacial score (nSPS) is 10.4. The van der Waals surface area contributed by atoms with Gasteiger partial charge in [0.1, 0.15) is 11.7 Å². The van der Waals surface area contributed by atoms with Crippen LogP contribution in [0.3, 0.4) is 0 Å². The average molecular weight is 303 g/mol. The van der Waals surface area contributed by atoms with E-state index in [1.165, 1.54) is 12.1 Å². The third-order valence-corrected chi connectivity index (χ3v) is 4.00. The van der Waals surface area contributed by atoms with Crippen molar-refractivity contribution in [3.8, 4) is 0 Å². The fraction of sp³-hybridized carbons (Fsp3) is 0.188. The number of nitrogens with zero attached hydrogens (tertiary/aromatic N) is 1. The van der Waals surface area contributed by atoms with Gasteiger partial charge in [-0.1, -0.05) is 12.1 Å². The summed E-state index contributed by atoms with van der Waals surface area (Å²) in [5.74, 6) is -0.263. The summed E-state index contributed by atoms with van der Waals surface area (Å²) in [5, 5.41) is 7.86. The van der Waals surface area contributed by atoms with Crippen molar-refractivity contribution in [1.82, 2.24) is 0 Å². The van der Waals surface area contributed by atoms with Crippen molar-refractivity contribution in [3.05, 3.63) is 53.8 Å². The molecule has 0 amide bonds. The van der Waals surface area contributed by atoms with Gasteiger partial charge in [-0.15, -0.1) is 11.8 Å². The quantitative estimate of drug-likeness (QED) is 0.499. The molecule has 5 heteroatoms. The van der Waals surface area contributed by atoms with Gasteiger partial charge < -0.3 is 10.6 Å². The van der Waals surface area contributed by atoms with Gasteiger partial charge in [0.25, 0.3) is 0 Å². The van der Waals surface area contributed by atoms with Crippen LogP contribution in [0.15, 0.2) is 47.4 Å². The van der Waals surface area contributed by atoms with E-state index in [9.17, 15) is 4.39 Å². The SMILES string of the molecule is CCN(c1cccc(F)c1)c1cccc(SC)c1C(=N)N. The molecule has 0 saturated carbocycles. The van der Waals surface area contributed by atoms with Gasteiger partial charge in [-0.05, 0) is 43.5 Å². The lowest BCUT2D eigenvalue weighted by atomic mass is 10.1. The Kier molecular flexibility index (Phi) is 4.85. The Labute approximate surface area is 128 Å². The van der Waals surface area contributed by atoms with Crippen LogP contribution in [-0.2, 0) is 0 Å². The molecular formula is C16H18FN3S. The second-order valence-electron chi connectivity index (χ2n) is 4.49. The second-order valence-corrected chi connectivity index (χ2v) is 5.34. The Bertz CT molecular complexity index is 658. The van der Waals surface area contributed by atoms with Crippen LogP contribution in [0.2, 0.25) is 0 Å². The van der Waals surface area contributed by atoms with E-state index in [2.05, 4.69) is 0 Å². The maximum absolute atomic E-state index is 13.5. The van der Waals surface area contributed by atoms with Crippen molar-refractivity contribution in [2.24, 2.45) is 5.73 Å². The number of anilines is 2. The molecule has 0 heterocycles. The van der Waals surface area contributed by atoms with Gasteiger partial charge in [0, 0.05) is 17.1 Å². The molecule has 3 nitrogen and oxygen atoms in total. The summed E-state index contributed by atoms with van der Waals surface area (Å²) in [5.41, 5.74) is 8.02. The number of nitrogen functional groups attached to an aromatic ring is 1. The van der Waals surface area contributed by atoms with Crippen LogP contribution in [0.1, 0.15) is 12.5 Å². The molecule has 21 heavy (non-hydrogen) atoms. The van der Waals surface area contributed by atoms with E-state index < -0.39 is 0 Å². The standard InChI is InChI=1S/C16H18FN3S/c1-3-20(12-7-4-6-11(17)10-12)13-8-5-9-14(21-2)15(13)16(18)19/h4-10H,3H2,1-2H3,(H3,18,19). The zero-order valence-electron chi connectivity index (χ0n) is 12.1. The molecule has 110 valence electrons. The van der Waals surface area contributed by atoms with Crippen LogP contribution < -0.4 is 10.6 Å². The van der Waals surface area contributed by atoms with Crippen LogP contribution in [0, 0.1) is 11.2 Å². The lowest BCUT2D eigenvalue weighted by molar-refractivity contribution is 0.627. The van der Waals surface area contributed by atoms with Crippen molar-refractivity contribution in [2.75, 3.05) is 17.7 Å². The van der Waals surface area contributed by atoms with Gasteiger partial charge in [0.2, 0.25) is 0 Å². The van der Waals surface area contributed by atoms with E-state index in [0.717, 1.165) is 16.3 Å². The Morgan fingerprint density at radius 3 is 2.57 bits per heavy atom. The Morgan fingerprint density at radius 1 is 1.29 bits per heavy atom. The minimum atomic E-state index is -0.281. The number of hydrogen-bond acceptors (Lipinski definition) is 3. The van der Waals surface area contributed by atoms with E-state index in [1.54, 1.807) is 17.8 Å². The summed E-state index contributed by atoms with van der Waals surface area (Å²) in [6.07, 6.45) is 1.95. The highest BCUT2D eigenvalue weighted by Crippen LogP contribution is 2.33. The first kappa shape index (κ1) is 15.4. The van der Waals surface area contributed by atoms with E-state index in [0.29, 0.717) is 12.1 Å². The molecule has 2 rings (SSSR count). The number of rotatable bonds is 5. The second kappa shape index (κ2) is 6.63. The molecule has 0 spiro atoms. The molecule has 0 aromatic heterocycles. The predicted octanol–water partition coefficient (Wildman–Crippen LogP) is 3.99. The highest BCUT2D eigenvalue weighted by atomic mass is 32.2. The van der Waals surface area contributed by atoms with Crippen molar-refractivity contribution < 1.29 is 4.39 Å². The third kappa shape index (κ3) is 3.19. The molecule has 0 radical (unpaired) electrons.